The van der Waals surface area contributed by atoms with Crippen LogP contribution in [0.2, 0.25) is 0 Å². The van der Waals surface area contributed by atoms with Crippen molar-refractivity contribution in [2.45, 2.75) is 19.9 Å². The highest BCUT2D eigenvalue weighted by molar-refractivity contribution is 5.31. The molecule has 0 aliphatic rings. The second-order valence-corrected chi connectivity index (χ2v) is 4.39. The zero-order valence-corrected chi connectivity index (χ0v) is 10.6. The number of aromatic nitrogens is 1. The quantitative estimate of drug-likeness (QED) is 0.870. The van der Waals surface area contributed by atoms with Gasteiger partial charge in [-0.3, -0.25) is 4.98 Å². The van der Waals surface area contributed by atoms with E-state index in [9.17, 15) is 0 Å². The Balaban J connectivity index is 2.36. The van der Waals surface area contributed by atoms with E-state index < -0.39 is 0 Å². The molecule has 0 radical (unpaired) electrons. The summed E-state index contributed by atoms with van der Waals surface area (Å²) in [5.74, 6) is 0. The lowest BCUT2D eigenvalue weighted by atomic mass is 10.0. The maximum Gasteiger partial charge on any atom is 0.0749 e. The zero-order valence-electron chi connectivity index (χ0n) is 10.6. The number of hydrogen-bond donors (Lipinski definition) is 1. The molecule has 2 heteroatoms. The Morgan fingerprint density at radius 2 is 1.71 bits per heavy atom. The van der Waals surface area contributed by atoms with Gasteiger partial charge in [0.15, 0.2) is 0 Å². The molecular weight excluding hydrogens is 208 g/mol. The number of aryl methyl sites for hydroxylation is 2. The average molecular weight is 226 g/mol. The van der Waals surface area contributed by atoms with Crippen molar-refractivity contribution in [1.29, 1.82) is 0 Å². The highest BCUT2D eigenvalue weighted by atomic mass is 14.9. The molecule has 1 heterocycles. The maximum absolute atomic E-state index is 4.45. The minimum absolute atomic E-state index is 0.163. The Hall–Kier alpha value is -1.67. The molecule has 0 saturated carbocycles. The summed E-state index contributed by atoms with van der Waals surface area (Å²) in [7, 11) is 1.97. The molecule has 17 heavy (non-hydrogen) atoms. The third-order valence-corrected chi connectivity index (χ3v) is 2.93. The van der Waals surface area contributed by atoms with Crippen LogP contribution in [0.4, 0.5) is 0 Å². The summed E-state index contributed by atoms with van der Waals surface area (Å²) < 4.78 is 0. The van der Waals surface area contributed by atoms with Gasteiger partial charge in [-0.1, -0.05) is 29.8 Å². The highest BCUT2D eigenvalue weighted by Gasteiger charge is 2.12. The number of nitrogens with one attached hydrogen (secondary N) is 1. The van der Waals surface area contributed by atoms with E-state index in [1.807, 2.05) is 19.3 Å². The monoisotopic (exact) mass is 226 g/mol. The van der Waals surface area contributed by atoms with Crippen molar-refractivity contribution in [2.75, 3.05) is 7.05 Å². The van der Waals surface area contributed by atoms with Gasteiger partial charge in [0.25, 0.3) is 0 Å². The summed E-state index contributed by atoms with van der Waals surface area (Å²) in [6.45, 7) is 4.19. The van der Waals surface area contributed by atoms with E-state index in [0.29, 0.717) is 0 Å². The van der Waals surface area contributed by atoms with Crippen molar-refractivity contribution in [3.63, 3.8) is 0 Å². The van der Waals surface area contributed by atoms with Crippen LogP contribution in [0.1, 0.15) is 28.4 Å². The SMILES string of the molecule is CNC(c1ccc(C)cc1)c1cc(C)ccn1. The summed E-state index contributed by atoms with van der Waals surface area (Å²) in [5, 5.41) is 3.32. The van der Waals surface area contributed by atoms with Crippen LogP contribution in [-0.2, 0) is 0 Å². The van der Waals surface area contributed by atoms with Crippen LogP contribution in [0.5, 0.6) is 0 Å². The van der Waals surface area contributed by atoms with Gasteiger partial charge in [0.2, 0.25) is 0 Å². The van der Waals surface area contributed by atoms with E-state index in [-0.39, 0.29) is 6.04 Å². The van der Waals surface area contributed by atoms with Gasteiger partial charge >= 0.3 is 0 Å². The van der Waals surface area contributed by atoms with Crippen molar-refractivity contribution in [2.24, 2.45) is 0 Å². The predicted octanol–water partition coefficient (Wildman–Crippen LogP) is 3.01. The Kier molecular flexibility index (Phi) is 3.55. The van der Waals surface area contributed by atoms with Crippen LogP contribution in [0, 0.1) is 13.8 Å². The molecule has 88 valence electrons. The number of pyridine rings is 1. The zero-order chi connectivity index (χ0) is 12.3. The number of hydrogen-bond acceptors (Lipinski definition) is 2. The minimum atomic E-state index is 0.163. The Bertz CT molecular complexity index is 489. The van der Waals surface area contributed by atoms with E-state index in [1.165, 1.54) is 16.7 Å². The van der Waals surface area contributed by atoms with Crippen molar-refractivity contribution in [1.82, 2.24) is 10.3 Å². The molecule has 1 unspecified atom stereocenters. The molecule has 0 bridgehead atoms. The lowest BCUT2D eigenvalue weighted by Crippen LogP contribution is -2.18. The summed E-state index contributed by atoms with van der Waals surface area (Å²) in [5.41, 5.74) is 4.83. The number of nitrogens with zero attached hydrogens (tertiary/aromatic N) is 1. The van der Waals surface area contributed by atoms with Gasteiger partial charge in [-0.25, -0.2) is 0 Å². The van der Waals surface area contributed by atoms with Crippen LogP contribution < -0.4 is 5.32 Å². The molecule has 0 fully saturated rings. The fourth-order valence-corrected chi connectivity index (χ4v) is 1.96. The number of benzene rings is 1. The molecule has 0 spiro atoms. The van der Waals surface area contributed by atoms with Crippen LogP contribution in [0.25, 0.3) is 0 Å². The Morgan fingerprint density at radius 3 is 2.29 bits per heavy atom. The van der Waals surface area contributed by atoms with Gasteiger partial charge in [0.1, 0.15) is 0 Å². The van der Waals surface area contributed by atoms with E-state index in [1.54, 1.807) is 0 Å². The molecule has 2 nitrogen and oxygen atoms in total. The first kappa shape index (κ1) is 11.8. The summed E-state index contributed by atoms with van der Waals surface area (Å²) in [6, 6.07) is 12.9. The second-order valence-electron chi connectivity index (χ2n) is 4.39. The lowest BCUT2D eigenvalue weighted by molar-refractivity contribution is 0.670. The smallest absolute Gasteiger partial charge is 0.0749 e. The standard InChI is InChI=1S/C15H18N2/c1-11-4-6-13(7-5-11)15(16-3)14-10-12(2)8-9-17-14/h4-10,15-16H,1-3H3. The molecule has 1 aromatic heterocycles. The van der Waals surface area contributed by atoms with Crippen molar-refractivity contribution < 1.29 is 0 Å². The van der Waals surface area contributed by atoms with Gasteiger partial charge in [-0.05, 0) is 44.2 Å². The third kappa shape index (κ3) is 2.71. The van der Waals surface area contributed by atoms with Gasteiger partial charge in [0, 0.05) is 6.20 Å². The van der Waals surface area contributed by atoms with Crippen LogP contribution in [0.3, 0.4) is 0 Å². The van der Waals surface area contributed by atoms with Crippen LogP contribution >= 0.6 is 0 Å². The molecule has 0 aliphatic carbocycles. The van der Waals surface area contributed by atoms with E-state index in [2.05, 4.69) is 54.5 Å². The summed E-state index contributed by atoms with van der Waals surface area (Å²) in [4.78, 5) is 4.45. The normalized spacial score (nSPS) is 12.4. The van der Waals surface area contributed by atoms with Crippen LogP contribution in [0.15, 0.2) is 42.6 Å². The molecule has 1 atom stereocenters. The first-order valence-electron chi connectivity index (χ1n) is 5.87. The molecular formula is C15H18N2. The first-order chi connectivity index (χ1) is 8.20. The lowest BCUT2D eigenvalue weighted by Gasteiger charge is -2.16. The van der Waals surface area contributed by atoms with E-state index >= 15 is 0 Å². The largest absolute Gasteiger partial charge is 0.308 e. The van der Waals surface area contributed by atoms with E-state index in [4.69, 9.17) is 0 Å². The molecule has 0 saturated heterocycles. The molecule has 1 N–H and O–H groups in total. The maximum atomic E-state index is 4.45. The van der Waals surface area contributed by atoms with Gasteiger partial charge in [-0.15, -0.1) is 0 Å². The third-order valence-electron chi connectivity index (χ3n) is 2.93. The molecule has 1 aromatic carbocycles. The highest BCUT2D eigenvalue weighted by Crippen LogP contribution is 2.20. The molecule has 2 rings (SSSR count). The van der Waals surface area contributed by atoms with Crippen molar-refractivity contribution in [3.8, 4) is 0 Å². The van der Waals surface area contributed by atoms with E-state index in [0.717, 1.165) is 5.69 Å². The van der Waals surface area contributed by atoms with Gasteiger partial charge in [0.05, 0.1) is 11.7 Å². The molecule has 2 aromatic rings. The topological polar surface area (TPSA) is 24.9 Å². The fourth-order valence-electron chi connectivity index (χ4n) is 1.96. The van der Waals surface area contributed by atoms with Crippen molar-refractivity contribution >= 4 is 0 Å². The van der Waals surface area contributed by atoms with Gasteiger partial charge in [-0.2, -0.15) is 0 Å². The van der Waals surface area contributed by atoms with Crippen molar-refractivity contribution in [3.05, 3.63) is 65.0 Å². The second kappa shape index (κ2) is 5.11. The summed E-state index contributed by atoms with van der Waals surface area (Å²) >= 11 is 0. The number of rotatable bonds is 3. The fraction of sp³-hybridized carbons (Fsp3) is 0.267. The molecule has 0 aliphatic heterocycles. The minimum Gasteiger partial charge on any atom is -0.308 e. The average Bonchev–Trinajstić information content (AvgIpc) is 2.33. The Labute approximate surface area is 103 Å². The summed E-state index contributed by atoms with van der Waals surface area (Å²) in [6.07, 6.45) is 1.86. The Morgan fingerprint density at radius 1 is 1.00 bits per heavy atom. The first-order valence-corrected chi connectivity index (χ1v) is 5.87. The van der Waals surface area contributed by atoms with Gasteiger partial charge < -0.3 is 5.32 Å². The predicted molar refractivity (Wildman–Crippen MR) is 71.1 cm³/mol. The van der Waals surface area contributed by atoms with Crippen LogP contribution in [-0.4, -0.2) is 12.0 Å². The molecule has 0 amide bonds.